The number of hydrogen-bond acceptors (Lipinski definition) is 5. The maximum absolute atomic E-state index is 10.9. The lowest BCUT2D eigenvalue weighted by Crippen LogP contribution is -2.17. The Morgan fingerprint density at radius 1 is 1.10 bits per heavy atom. The van der Waals surface area contributed by atoms with Crippen LogP contribution in [0.15, 0.2) is 41.7 Å². The van der Waals surface area contributed by atoms with Crippen molar-refractivity contribution in [2.45, 2.75) is 19.3 Å². The fourth-order valence-corrected chi connectivity index (χ4v) is 1.72. The van der Waals surface area contributed by atoms with E-state index >= 15 is 0 Å². The van der Waals surface area contributed by atoms with Gasteiger partial charge in [-0.15, -0.1) is 0 Å². The van der Waals surface area contributed by atoms with Crippen molar-refractivity contribution in [2.75, 3.05) is 0 Å². The Hall–Kier alpha value is -2.77. The third-order valence-corrected chi connectivity index (χ3v) is 2.61. The zero-order valence-electron chi connectivity index (χ0n) is 10.4. The SMILES string of the molecule is O=C(O)C(CCCc1ccccc1)=C([N+](=O)[O-])[N+](=O)[O-]. The number of aliphatic carboxylic acids is 1. The number of carboxylic acid groups (broad SMARTS) is 1. The molecule has 8 nitrogen and oxygen atoms in total. The predicted molar refractivity (Wildman–Crippen MR) is 68.0 cm³/mol. The van der Waals surface area contributed by atoms with Crippen LogP contribution in [0.2, 0.25) is 0 Å². The molecule has 0 atom stereocenters. The van der Waals surface area contributed by atoms with E-state index in [0.29, 0.717) is 6.42 Å². The van der Waals surface area contributed by atoms with Crippen LogP contribution in [0.5, 0.6) is 0 Å². The van der Waals surface area contributed by atoms with Gasteiger partial charge in [0.25, 0.3) is 0 Å². The first-order valence-corrected chi connectivity index (χ1v) is 5.72. The molecule has 1 N–H and O–H groups in total. The van der Waals surface area contributed by atoms with Crippen molar-refractivity contribution < 1.29 is 19.7 Å². The van der Waals surface area contributed by atoms with Crippen LogP contribution < -0.4 is 0 Å². The molecule has 1 aromatic carbocycles. The van der Waals surface area contributed by atoms with Crippen LogP contribution in [0.4, 0.5) is 0 Å². The highest BCUT2D eigenvalue weighted by atomic mass is 16.7. The second-order valence-electron chi connectivity index (χ2n) is 3.96. The van der Waals surface area contributed by atoms with Gasteiger partial charge in [-0.2, -0.15) is 0 Å². The summed E-state index contributed by atoms with van der Waals surface area (Å²) in [5.74, 6) is -3.10. The minimum Gasteiger partial charge on any atom is -0.477 e. The van der Waals surface area contributed by atoms with Crippen molar-refractivity contribution in [2.24, 2.45) is 0 Å². The van der Waals surface area contributed by atoms with E-state index in [1.54, 1.807) is 0 Å². The Balaban J connectivity index is 2.83. The zero-order valence-corrected chi connectivity index (χ0v) is 10.4. The van der Waals surface area contributed by atoms with E-state index in [-0.39, 0.29) is 12.8 Å². The number of carbonyl (C=O) groups is 1. The van der Waals surface area contributed by atoms with Gasteiger partial charge in [-0.3, -0.25) is 20.2 Å². The van der Waals surface area contributed by atoms with Gasteiger partial charge in [0, 0.05) is 0 Å². The Morgan fingerprint density at radius 2 is 1.65 bits per heavy atom. The van der Waals surface area contributed by atoms with Gasteiger partial charge in [0.2, 0.25) is 0 Å². The summed E-state index contributed by atoms with van der Waals surface area (Å²) in [6.07, 6.45) is 0.526. The topological polar surface area (TPSA) is 124 Å². The molecule has 0 amide bonds. The molecule has 1 rings (SSSR count). The normalized spacial score (nSPS) is 9.80. The average molecular weight is 280 g/mol. The molecule has 0 heterocycles. The molecule has 106 valence electrons. The fraction of sp³-hybridized carbons (Fsp3) is 0.250. The fourth-order valence-electron chi connectivity index (χ4n) is 1.72. The third kappa shape index (κ3) is 4.16. The van der Waals surface area contributed by atoms with Crippen LogP contribution in [0, 0.1) is 20.2 Å². The van der Waals surface area contributed by atoms with Crippen molar-refractivity contribution in [3.63, 3.8) is 0 Å². The van der Waals surface area contributed by atoms with E-state index in [1.165, 1.54) is 0 Å². The number of nitro groups is 2. The Bertz CT molecular complexity index is 536. The first-order chi connectivity index (χ1) is 9.43. The standard InChI is InChI=1S/C12H12N2O6/c15-12(16)10(11(13(17)18)14(19)20)8-4-7-9-5-2-1-3-6-9/h1-3,5-6H,4,7-8H2,(H,15,16). The summed E-state index contributed by atoms with van der Waals surface area (Å²) in [5.41, 5.74) is 0.150. The molecule has 0 saturated heterocycles. The Labute approximate surface area is 113 Å². The number of benzene rings is 1. The van der Waals surface area contributed by atoms with E-state index in [2.05, 4.69) is 0 Å². The maximum Gasteiger partial charge on any atom is 0.569 e. The quantitative estimate of drug-likeness (QED) is 0.461. The zero-order chi connectivity index (χ0) is 15.1. The second-order valence-corrected chi connectivity index (χ2v) is 3.96. The van der Waals surface area contributed by atoms with Gasteiger partial charge in [0.15, 0.2) is 5.57 Å². The Kier molecular flexibility index (Phi) is 5.33. The minimum atomic E-state index is -1.64. The maximum atomic E-state index is 10.9. The summed E-state index contributed by atoms with van der Waals surface area (Å²) >= 11 is 0. The van der Waals surface area contributed by atoms with Gasteiger partial charge in [0.05, 0.1) is 0 Å². The monoisotopic (exact) mass is 280 g/mol. The first kappa shape index (κ1) is 15.3. The van der Waals surface area contributed by atoms with Crippen LogP contribution in [0.25, 0.3) is 0 Å². The highest BCUT2D eigenvalue weighted by Gasteiger charge is 2.35. The van der Waals surface area contributed by atoms with Crippen LogP contribution in [-0.2, 0) is 11.2 Å². The summed E-state index contributed by atoms with van der Waals surface area (Å²) in [5, 5.41) is 30.0. The predicted octanol–water partition coefficient (Wildman–Crippen LogP) is 1.86. The lowest BCUT2D eigenvalue weighted by Gasteiger charge is -2.01. The molecular formula is C12H12N2O6. The molecule has 0 saturated carbocycles. The number of aryl methyl sites for hydroxylation is 1. The average Bonchev–Trinajstić information content (AvgIpc) is 2.37. The van der Waals surface area contributed by atoms with Crippen LogP contribution >= 0.6 is 0 Å². The molecule has 8 heteroatoms. The van der Waals surface area contributed by atoms with Crippen molar-refractivity contribution in [1.29, 1.82) is 0 Å². The van der Waals surface area contributed by atoms with Crippen LogP contribution in [-0.4, -0.2) is 20.9 Å². The molecule has 0 aliphatic heterocycles. The van der Waals surface area contributed by atoms with Crippen LogP contribution in [0.1, 0.15) is 18.4 Å². The minimum absolute atomic E-state index is 0.235. The van der Waals surface area contributed by atoms with Gasteiger partial charge in [0.1, 0.15) is 9.85 Å². The van der Waals surface area contributed by atoms with Gasteiger partial charge >= 0.3 is 11.8 Å². The largest absolute Gasteiger partial charge is 0.569 e. The first-order valence-electron chi connectivity index (χ1n) is 5.72. The summed E-state index contributed by atoms with van der Waals surface area (Å²) in [4.78, 5) is 29.5. The summed E-state index contributed by atoms with van der Waals surface area (Å²) in [7, 11) is 0. The van der Waals surface area contributed by atoms with Gasteiger partial charge in [-0.25, -0.2) is 4.79 Å². The molecule has 0 radical (unpaired) electrons. The van der Waals surface area contributed by atoms with Crippen molar-refractivity contribution in [1.82, 2.24) is 0 Å². The molecule has 0 bridgehead atoms. The number of rotatable bonds is 7. The molecule has 0 fully saturated rings. The summed E-state index contributed by atoms with van der Waals surface area (Å²) in [6.45, 7) is 0. The second kappa shape index (κ2) is 6.98. The van der Waals surface area contributed by atoms with Gasteiger partial charge < -0.3 is 5.11 Å². The van der Waals surface area contributed by atoms with Crippen molar-refractivity contribution >= 4 is 5.97 Å². The molecule has 0 aromatic heterocycles. The Morgan fingerprint density at radius 3 is 2.10 bits per heavy atom. The molecule has 0 spiro atoms. The lowest BCUT2D eigenvalue weighted by molar-refractivity contribution is -0.617. The van der Waals surface area contributed by atoms with Crippen LogP contribution in [0.3, 0.4) is 0 Å². The lowest BCUT2D eigenvalue weighted by atomic mass is 10.0. The molecule has 0 unspecified atom stereocenters. The summed E-state index contributed by atoms with van der Waals surface area (Å²) in [6, 6.07) is 9.09. The highest BCUT2D eigenvalue weighted by molar-refractivity contribution is 5.86. The number of carboxylic acids is 1. The van der Waals surface area contributed by atoms with E-state index in [1.807, 2.05) is 30.3 Å². The number of hydrogen-bond donors (Lipinski definition) is 1. The van der Waals surface area contributed by atoms with E-state index in [0.717, 1.165) is 5.56 Å². The number of nitrogens with zero attached hydrogens (tertiary/aromatic N) is 2. The highest BCUT2D eigenvalue weighted by Crippen LogP contribution is 2.15. The molecule has 0 aliphatic rings. The van der Waals surface area contributed by atoms with E-state index in [9.17, 15) is 25.0 Å². The van der Waals surface area contributed by atoms with E-state index < -0.39 is 27.2 Å². The van der Waals surface area contributed by atoms with Crippen molar-refractivity contribution in [3.05, 3.63) is 67.5 Å². The molecule has 1 aromatic rings. The smallest absolute Gasteiger partial charge is 0.477 e. The third-order valence-electron chi connectivity index (χ3n) is 2.61. The van der Waals surface area contributed by atoms with Gasteiger partial charge in [-0.05, 0) is 24.8 Å². The molecule has 0 aliphatic carbocycles. The molecule has 20 heavy (non-hydrogen) atoms. The van der Waals surface area contributed by atoms with Crippen molar-refractivity contribution in [3.8, 4) is 0 Å². The van der Waals surface area contributed by atoms with E-state index in [4.69, 9.17) is 5.11 Å². The van der Waals surface area contributed by atoms with Gasteiger partial charge in [-0.1, -0.05) is 30.3 Å². The molecular weight excluding hydrogens is 268 g/mol. The summed E-state index contributed by atoms with van der Waals surface area (Å²) < 4.78 is 0.